The molecule has 1 aromatic carbocycles. The summed E-state index contributed by atoms with van der Waals surface area (Å²) >= 11 is 1.11. The Hall–Kier alpha value is -1.60. The summed E-state index contributed by atoms with van der Waals surface area (Å²) in [6.45, 7) is 4.09. The summed E-state index contributed by atoms with van der Waals surface area (Å²) in [6, 6.07) is 4.47. The van der Waals surface area contributed by atoms with E-state index in [1.54, 1.807) is 19.1 Å². The second kappa shape index (κ2) is 5.58. The van der Waals surface area contributed by atoms with Crippen molar-refractivity contribution in [3.05, 3.63) is 40.1 Å². The molecule has 0 aliphatic rings. The van der Waals surface area contributed by atoms with Crippen LogP contribution < -0.4 is 11.4 Å². The number of nitrogens with zero attached hydrogens (tertiary/aromatic N) is 2. The van der Waals surface area contributed by atoms with Crippen molar-refractivity contribution in [2.45, 2.75) is 36.5 Å². The molecule has 1 aromatic heterocycles. The van der Waals surface area contributed by atoms with Crippen LogP contribution in [0.25, 0.3) is 0 Å². The Morgan fingerprint density at radius 2 is 2.32 bits per heavy atom. The molecule has 2 aromatic rings. The second-order valence-corrected chi connectivity index (χ2v) is 5.08. The predicted octanol–water partition coefficient (Wildman–Crippen LogP) is 1.90. The first-order chi connectivity index (χ1) is 9.04. The van der Waals surface area contributed by atoms with Crippen LogP contribution in [-0.2, 0) is 6.54 Å². The number of benzene rings is 1. The van der Waals surface area contributed by atoms with Crippen LogP contribution in [0, 0.1) is 5.82 Å². The quantitative estimate of drug-likeness (QED) is 0.898. The molecule has 0 radical (unpaired) electrons. The number of hydrogen-bond donors (Lipinski definition) is 2. The lowest BCUT2D eigenvalue weighted by Crippen LogP contribution is -2.16. The van der Waals surface area contributed by atoms with Crippen molar-refractivity contribution >= 4 is 11.8 Å². The zero-order valence-electron chi connectivity index (χ0n) is 10.7. The zero-order chi connectivity index (χ0) is 14.0. The average Bonchev–Trinajstić information content (AvgIpc) is 2.72. The summed E-state index contributed by atoms with van der Waals surface area (Å²) in [5.41, 5.74) is 6.23. The van der Waals surface area contributed by atoms with Gasteiger partial charge in [0.1, 0.15) is 5.82 Å². The van der Waals surface area contributed by atoms with Crippen molar-refractivity contribution in [3.8, 4) is 0 Å². The molecule has 19 heavy (non-hydrogen) atoms. The molecule has 0 unspecified atom stereocenters. The Balaban J connectivity index is 2.46. The van der Waals surface area contributed by atoms with E-state index in [-0.39, 0.29) is 17.5 Å². The van der Waals surface area contributed by atoms with Gasteiger partial charge in [-0.25, -0.2) is 14.3 Å². The predicted molar refractivity (Wildman–Crippen MR) is 71.6 cm³/mol. The fraction of sp³-hybridized carbons (Fsp3) is 0.333. The number of rotatable bonds is 4. The highest BCUT2D eigenvalue weighted by Gasteiger charge is 2.16. The second-order valence-electron chi connectivity index (χ2n) is 4.10. The van der Waals surface area contributed by atoms with Gasteiger partial charge in [-0.05, 0) is 37.2 Å². The van der Waals surface area contributed by atoms with Crippen molar-refractivity contribution in [3.63, 3.8) is 0 Å². The summed E-state index contributed by atoms with van der Waals surface area (Å²) in [7, 11) is 0. The first-order valence-electron chi connectivity index (χ1n) is 5.91. The van der Waals surface area contributed by atoms with E-state index in [4.69, 9.17) is 5.73 Å². The van der Waals surface area contributed by atoms with Crippen LogP contribution in [-0.4, -0.2) is 14.8 Å². The molecule has 0 saturated carbocycles. The van der Waals surface area contributed by atoms with Gasteiger partial charge in [0.2, 0.25) is 0 Å². The third kappa shape index (κ3) is 2.71. The van der Waals surface area contributed by atoms with Crippen LogP contribution in [0.4, 0.5) is 4.39 Å². The highest BCUT2D eigenvalue weighted by atomic mass is 32.2. The highest BCUT2D eigenvalue weighted by Crippen LogP contribution is 2.33. The van der Waals surface area contributed by atoms with Gasteiger partial charge in [-0.15, -0.1) is 5.10 Å². The van der Waals surface area contributed by atoms with E-state index in [1.807, 2.05) is 6.92 Å². The van der Waals surface area contributed by atoms with Gasteiger partial charge < -0.3 is 5.73 Å². The Bertz CT molecular complexity index is 635. The third-order valence-corrected chi connectivity index (χ3v) is 3.85. The van der Waals surface area contributed by atoms with E-state index in [0.717, 1.165) is 11.8 Å². The van der Waals surface area contributed by atoms with Gasteiger partial charge in [0.25, 0.3) is 0 Å². The van der Waals surface area contributed by atoms with E-state index < -0.39 is 0 Å². The summed E-state index contributed by atoms with van der Waals surface area (Å²) in [5, 5.41) is 6.69. The topological polar surface area (TPSA) is 76.7 Å². The molecule has 0 saturated heterocycles. The monoisotopic (exact) mass is 282 g/mol. The maximum atomic E-state index is 13.9. The molecule has 1 atom stereocenters. The minimum atomic E-state index is -0.363. The molecule has 0 spiro atoms. The SMILES string of the molecule is CCn1c(Sc2c(F)cccc2[C@@H](C)N)n[nH]c1=O. The number of nitrogens with two attached hydrogens (primary N) is 1. The van der Waals surface area contributed by atoms with Crippen molar-refractivity contribution in [1.82, 2.24) is 14.8 Å². The summed E-state index contributed by atoms with van der Waals surface area (Å²) in [5.74, 6) is -0.363. The van der Waals surface area contributed by atoms with Gasteiger partial charge in [-0.1, -0.05) is 12.1 Å². The van der Waals surface area contributed by atoms with Crippen LogP contribution >= 0.6 is 11.8 Å². The summed E-state index contributed by atoms with van der Waals surface area (Å²) < 4.78 is 15.4. The lowest BCUT2D eigenvalue weighted by Gasteiger charge is -2.12. The number of hydrogen-bond acceptors (Lipinski definition) is 4. The maximum Gasteiger partial charge on any atom is 0.343 e. The van der Waals surface area contributed by atoms with Crippen LogP contribution in [0.5, 0.6) is 0 Å². The van der Waals surface area contributed by atoms with E-state index in [1.165, 1.54) is 10.6 Å². The Labute approximate surface area is 114 Å². The lowest BCUT2D eigenvalue weighted by molar-refractivity contribution is 0.589. The highest BCUT2D eigenvalue weighted by molar-refractivity contribution is 7.99. The molecule has 102 valence electrons. The fourth-order valence-corrected chi connectivity index (χ4v) is 2.88. The van der Waals surface area contributed by atoms with E-state index in [2.05, 4.69) is 10.2 Å². The minimum Gasteiger partial charge on any atom is -0.324 e. The lowest BCUT2D eigenvalue weighted by atomic mass is 10.1. The van der Waals surface area contributed by atoms with Crippen LogP contribution in [0.3, 0.4) is 0 Å². The number of aromatic amines is 1. The molecule has 0 amide bonds. The average molecular weight is 282 g/mol. The summed E-state index contributed by atoms with van der Waals surface area (Å²) in [4.78, 5) is 11.9. The normalized spacial score (nSPS) is 12.6. The number of halogens is 1. The Kier molecular flexibility index (Phi) is 4.06. The van der Waals surface area contributed by atoms with Crippen LogP contribution in [0.1, 0.15) is 25.5 Å². The van der Waals surface area contributed by atoms with E-state index in [0.29, 0.717) is 22.2 Å². The number of H-pyrrole nitrogens is 1. The zero-order valence-corrected chi connectivity index (χ0v) is 11.5. The minimum absolute atomic E-state index is 0.293. The van der Waals surface area contributed by atoms with E-state index >= 15 is 0 Å². The Morgan fingerprint density at radius 1 is 1.58 bits per heavy atom. The third-order valence-electron chi connectivity index (χ3n) is 2.72. The first kappa shape index (κ1) is 13.8. The van der Waals surface area contributed by atoms with Crippen molar-refractivity contribution in [1.29, 1.82) is 0 Å². The van der Waals surface area contributed by atoms with Gasteiger partial charge >= 0.3 is 5.69 Å². The van der Waals surface area contributed by atoms with Gasteiger partial charge in [-0.3, -0.25) is 4.57 Å². The molecular weight excluding hydrogens is 267 g/mol. The summed E-state index contributed by atoms with van der Waals surface area (Å²) in [6.07, 6.45) is 0. The van der Waals surface area contributed by atoms with E-state index in [9.17, 15) is 9.18 Å². The van der Waals surface area contributed by atoms with Gasteiger partial charge in [0, 0.05) is 12.6 Å². The molecule has 0 bridgehead atoms. The van der Waals surface area contributed by atoms with Crippen LogP contribution in [0.15, 0.2) is 33.0 Å². The van der Waals surface area contributed by atoms with Crippen molar-refractivity contribution in [2.75, 3.05) is 0 Å². The first-order valence-corrected chi connectivity index (χ1v) is 6.73. The number of aromatic nitrogens is 3. The van der Waals surface area contributed by atoms with Crippen LogP contribution in [0.2, 0.25) is 0 Å². The van der Waals surface area contributed by atoms with Crippen molar-refractivity contribution in [2.24, 2.45) is 5.73 Å². The molecule has 3 N–H and O–H groups in total. The molecule has 7 heteroatoms. The molecule has 0 fully saturated rings. The standard InChI is InChI=1S/C12H15FN4OS/c1-3-17-11(18)15-16-12(17)19-10-8(7(2)14)5-4-6-9(10)13/h4-7H,3,14H2,1-2H3,(H,15,18)/t7-/m1/s1. The van der Waals surface area contributed by atoms with Gasteiger partial charge in [0.15, 0.2) is 5.16 Å². The molecule has 0 aliphatic carbocycles. The maximum absolute atomic E-state index is 13.9. The largest absolute Gasteiger partial charge is 0.343 e. The molecule has 0 aliphatic heterocycles. The smallest absolute Gasteiger partial charge is 0.324 e. The molecule has 1 heterocycles. The van der Waals surface area contributed by atoms with Gasteiger partial charge in [-0.2, -0.15) is 0 Å². The van der Waals surface area contributed by atoms with Gasteiger partial charge in [0.05, 0.1) is 4.90 Å². The molecule has 2 rings (SSSR count). The number of nitrogens with one attached hydrogen (secondary N) is 1. The Morgan fingerprint density at radius 3 is 2.95 bits per heavy atom. The van der Waals surface area contributed by atoms with Crippen molar-refractivity contribution < 1.29 is 4.39 Å². The molecular formula is C12H15FN4OS. The fourth-order valence-electron chi connectivity index (χ4n) is 1.74. The molecule has 5 nitrogen and oxygen atoms in total.